The van der Waals surface area contributed by atoms with Crippen molar-refractivity contribution >= 4 is 17.4 Å². The van der Waals surface area contributed by atoms with Gasteiger partial charge in [0.1, 0.15) is 5.82 Å². The number of hydrogen-bond acceptors (Lipinski definition) is 4. The van der Waals surface area contributed by atoms with Crippen LogP contribution in [0.5, 0.6) is 5.75 Å². The fourth-order valence-electron chi connectivity index (χ4n) is 1.06. The number of nitro groups is 1. The standard InChI is InChI=1S/C9H7F4NO3S/c10-6-1-2-7(14(15)16)8(5-6)17-3-4-18-9(11,12)13/h1-2,5H,3-4H2. The SMILES string of the molecule is O=[N+]([O-])c1ccc(F)cc1OCCSC(F)(F)F. The summed E-state index contributed by atoms with van der Waals surface area (Å²) < 4.78 is 53.0. The number of nitrogens with zero attached hydrogens (tertiary/aromatic N) is 1. The van der Waals surface area contributed by atoms with Crippen LogP contribution in [-0.2, 0) is 0 Å². The van der Waals surface area contributed by atoms with Gasteiger partial charge < -0.3 is 4.74 Å². The van der Waals surface area contributed by atoms with Crippen LogP contribution in [0.3, 0.4) is 0 Å². The maximum atomic E-state index is 12.8. The van der Waals surface area contributed by atoms with E-state index in [9.17, 15) is 27.7 Å². The van der Waals surface area contributed by atoms with E-state index in [1.165, 1.54) is 0 Å². The third-order valence-electron chi connectivity index (χ3n) is 1.73. The molecule has 0 saturated heterocycles. The van der Waals surface area contributed by atoms with Gasteiger partial charge in [-0.2, -0.15) is 13.2 Å². The number of halogens is 4. The van der Waals surface area contributed by atoms with E-state index in [2.05, 4.69) is 0 Å². The van der Waals surface area contributed by atoms with Crippen molar-refractivity contribution < 1.29 is 27.2 Å². The van der Waals surface area contributed by atoms with E-state index in [-0.39, 0.29) is 17.5 Å². The second-order valence-electron chi connectivity index (χ2n) is 3.01. The first-order chi connectivity index (χ1) is 8.29. The minimum Gasteiger partial charge on any atom is -0.486 e. The minimum atomic E-state index is -4.39. The molecule has 1 aromatic carbocycles. The Morgan fingerprint density at radius 1 is 1.39 bits per heavy atom. The molecule has 0 fully saturated rings. The van der Waals surface area contributed by atoms with Crippen molar-refractivity contribution in [3.63, 3.8) is 0 Å². The maximum absolute atomic E-state index is 12.8. The lowest BCUT2D eigenvalue weighted by molar-refractivity contribution is -0.385. The lowest BCUT2D eigenvalue weighted by Crippen LogP contribution is -2.08. The Hall–Kier alpha value is -1.51. The molecule has 0 aliphatic heterocycles. The highest BCUT2D eigenvalue weighted by Gasteiger charge is 2.27. The van der Waals surface area contributed by atoms with Crippen molar-refractivity contribution in [2.45, 2.75) is 5.51 Å². The summed E-state index contributed by atoms with van der Waals surface area (Å²) in [6, 6.07) is 2.52. The molecule has 9 heteroatoms. The number of nitro benzene ring substituents is 1. The summed E-state index contributed by atoms with van der Waals surface area (Å²) in [7, 11) is 0. The van der Waals surface area contributed by atoms with Crippen LogP contribution >= 0.6 is 11.8 Å². The van der Waals surface area contributed by atoms with Crippen molar-refractivity contribution in [1.29, 1.82) is 0 Å². The van der Waals surface area contributed by atoms with E-state index in [1.54, 1.807) is 0 Å². The molecule has 0 aromatic heterocycles. The van der Waals surface area contributed by atoms with Gasteiger partial charge in [0.25, 0.3) is 0 Å². The van der Waals surface area contributed by atoms with Crippen LogP contribution < -0.4 is 4.74 Å². The van der Waals surface area contributed by atoms with Crippen LogP contribution in [0.4, 0.5) is 23.2 Å². The Balaban J connectivity index is 2.61. The van der Waals surface area contributed by atoms with Crippen molar-refractivity contribution in [2.24, 2.45) is 0 Å². The van der Waals surface area contributed by atoms with Gasteiger partial charge in [0.05, 0.1) is 11.5 Å². The third kappa shape index (κ3) is 4.78. The Morgan fingerprint density at radius 3 is 2.61 bits per heavy atom. The zero-order valence-corrected chi connectivity index (χ0v) is 9.55. The molecule has 0 amide bonds. The monoisotopic (exact) mass is 285 g/mol. The summed E-state index contributed by atoms with van der Waals surface area (Å²) in [5, 5.41) is 10.5. The highest BCUT2D eigenvalue weighted by atomic mass is 32.2. The molecule has 0 N–H and O–H groups in total. The van der Waals surface area contributed by atoms with Gasteiger partial charge in [0.15, 0.2) is 5.75 Å². The summed E-state index contributed by atoms with van der Waals surface area (Å²) in [6.45, 7) is -0.408. The molecule has 0 aliphatic carbocycles. The van der Waals surface area contributed by atoms with Crippen LogP contribution in [0, 0.1) is 15.9 Å². The zero-order valence-electron chi connectivity index (χ0n) is 8.74. The van der Waals surface area contributed by atoms with Crippen LogP contribution in [-0.4, -0.2) is 22.8 Å². The summed E-state index contributed by atoms with van der Waals surface area (Å²) in [4.78, 5) is 9.74. The van der Waals surface area contributed by atoms with Gasteiger partial charge in [-0.05, 0) is 17.8 Å². The molecule has 4 nitrogen and oxygen atoms in total. The summed E-state index contributed by atoms with van der Waals surface area (Å²) in [5.74, 6) is -1.58. The van der Waals surface area contributed by atoms with Gasteiger partial charge in [-0.3, -0.25) is 10.1 Å². The number of alkyl halides is 3. The molecular formula is C9H7F4NO3S. The van der Waals surface area contributed by atoms with E-state index >= 15 is 0 Å². The minimum absolute atomic E-state index is 0.317. The van der Waals surface area contributed by atoms with E-state index in [1.807, 2.05) is 0 Å². The van der Waals surface area contributed by atoms with E-state index < -0.39 is 34.3 Å². The molecule has 0 atom stereocenters. The fraction of sp³-hybridized carbons (Fsp3) is 0.333. The Labute approximate surface area is 103 Å². The molecule has 18 heavy (non-hydrogen) atoms. The van der Waals surface area contributed by atoms with E-state index in [4.69, 9.17) is 4.74 Å². The first-order valence-corrected chi connectivity index (χ1v) is 5.55. The number of ether oxygens (including phenoxy) is 1. The second-order valence-corrected chi connectivity index (χ2v) is 4.17. The first kappa shape index (κ1) is 14.6. The molecule has 100 valence electrons. The highest BCUT2D eigenvalue weighted by molar-refractivity contribution is 8.00. The predicted molar refractivity (Wildman–Crippen MR) is 57.1 cm³/mol. The molecule has 0 unspecified atom stereocenters. The van der Waals surface area contributed by atoms with Gasteiger partial charge in [0, 0.05) is 17.9 Å². The van der Waals surface area contributed by atoms with Gasteiger partial charge in [-0.25, -0.2) is 4.39 Å². The van der Waals surface area contributed by atoms with Crippen LogP contribution in [0.2, 0.25) is 0 Å². The lowest BCUT2D eigenvalue weighted by atomic mass is 10.3. The van der Waals surface area contributed by atoms with Crippen LogP contribution in [0.15, 0.2) is 18.2 Å². The number of thioether (sulfide) groups is 1. The molecule has 0 heterocycles. The molecule has 0 radical (unpaired) electrons. The second kappa shape index (κ2) is 5.89. The molecule has 0 saturated carbocycles. The van der Waals surface area contributed by atoms with E-state index in [0.29, 0.717) is 0 Å². The predicted octanol–water partition coefficient (Wildman–Crippen LogP) is 3.37. The number of rotatable bonds is 5. The third-order valence-corrected chi connectivity index (χ3v) is 2.42. The highest BCUT2D eigenvalue weighted by Crippen LogP contribution is 2.31. The summed E-state index contributed by atoms with van der Waals surface area (Å²) in [5.41, 5.74) is -4.88. The molecule has 0 aliphatic rings. The number of benzene rings is 1. The topological polar surface area (TPSA) is 52.4 Å². The van der Waals surface area contributed by atoms with Crippen molar-refractivity contribution in [2.75, 3.05) is 12.4 Å². The average molecular weight is 285 g/mol. The summed E-state index contributed by atoms with van der Waals surface area (Å²) in [6.07, 6.45) is 0. The van der Waals surface area contributed by atoms with Crippen LogP contribution in [0.1, 0.15) is 0 Å². The van der Waals surface area contributed by atoms with Crippen molar-refractivity contribution in [3.8, 4) is 5.75 Å². The zero-order chi connectivity index (χ0) is 13.8. The molecule has 1 rings (SSSR count). The molecule has 0 spiro atoms. The van der Waals surface area contributed by atoms with Crippen molar-refractivity contribution in [1.82, 2.24) is 0 Å². The normalized spacial score (nSPS) is 11.3. The largest absolute Gasteiger partial charge is 0.486 e. The van der Waals surface area contributed by atoms with Crippen LogP contribution in [0.25, 0.3) is 0 Å². The average Bonchev–Trinajstić information content (AvgIpc) is 2.22. The van der Waals surface area contributed by atoms with Crippen molar-refractivity contribution in [3.05, 3.63) is 34.1 Å². The van der Waals surface area contributed by atoms with Gasteiger partial charge >= 0.3 is 11.2 Å². The Morgan fingerprint density at radius 2 is 2.06 bits per heavy atom. The smallest absolute Gasteiger partial charge is 0.441 e. The first-order valence-electron chi connectivity index (χ1n) is 4.57. The fourth-order valence-corrected chi connectivity index (χ4v) is 1.46. The van der Waals surface area contributed by atoms with Gasteiger partial charge in [-0.15, -0.1) is 0 Å². The van der Waals surface area contributed by atoms with Gasteiger partial charge in [0.2, 0.25) is 0 Å². The quantitative estimate of drug-likeness (QED) is 0.360. The van der Waals surface area contributed by atoms with Gasteiger partial charge in [-0.1, -0.05) is 0 Å². The maximum Gasteiger partial charge on any atom is 0.441 e. The number of hydrogen-bond donors (Lipinski definition) is 0. The van der Waals surface area contributed by atoms with E-state index in [0.717, 1.165) is 18.2 Å². The Bertz CT molecular complexity index is 438. The molecular weight excluding hydrogens is 278 g/mol. The summed E-state index contributed by atoms with van der Waals surface area (Å²) >= 11 is -0.317. The molecule has 1 aromatic rings. The lowest BCUT2D eigenvalue weighted by Gasteiger charge is -2.08. The Kier molecular flexibility index (Phi) is 4.76. The molecule has 0 bridgehead atoms.